The van der Waals surface area contributed by atoms with E-state index in [9.17, 15) is 9.59 Å². The molecule has 0 bridgehead atoms. The molecule has 0 radical (unpaired) electrons. The number of ketones is 1. The Labute approximate surface area is 146 Å². The Bertz CT molecular complexity index is 789. The van der Waals surface area contributed by atoms with Crippen LogP contribution in [0.2, 0.25) is 0 Å². The molecule has 6 heteroatoms. The number of hydrogen-bond acceptors (Lipinski definition) is 5. The van der Waals surface area contributed by atoms with Gasteiger partial charge in [0.1, 0.15) is 13.2 Å². The van der Waals surface area contributed by atoms with E-state index in [4.69, 9.17) is 9.47 Å². The van der Waals surface area contributed by atoms with Crippen molar-refractivity contribution in [2.75, 3.05) is 13.2 Å². The zero-order valence-electron chi connectivity index (χ0n) is 14.1. The van der Waals surface area contributed by atoms with E-state index in [-0.39, 0.29) is 24.5 Å². The Morgan fingerprint density at radius 1 is 1.12 bits per heavy atom. The van der Waals surface area contributed by atoms with Crippen LogP contribution in [0, 0.1) is 6.92 Å². The van der Waals surface area contributed by atoms with Crippen molar-refractivity contribution in [3.8, 4) is 11.5 Å². The van der Waals surface area contributed by atoms with Crippen LogP contribution in [0.5, 0.6) is 11.5 Å². The molecule has 3 rings (SSSR count). The van der Waals surface area contributed by atoms with E-state index < -0.39 is 0 Å². The maximum absolute atomic E-state index is 12.3. The van der Waals surface area contributed by atoms with Gasteiger partial charge >= 0.3 is 0 Å². The maximum atomic E-state index is 12.3. The van der Waals surface area contributed by atoms with Crippen molar-refractivity contribution in [2.24, 2.45) is 0 Å². The molecule has 6 nitrogen and oxygen atoms in total. The van der Waals surface area contributed by atoms with Crippen LogP contribution in [0.3, 0.4) is 0 Å². The largest absolute Gasteiger partial charge is 0.486 e. The monoisotopic (exact) mass is 340 g/mol. The van der Waals surface area contributed by atoms with Crippen LogP contribution in [-0.4, -0.2) is 29.9 Å². The van der Waals surface area contributed by atoms with Gasteiger partial charge in [-0.05, 0) is 36.8 Å². The molecule has 1 aliphatic rings. The lowest BCUT2D eigenvalue weighted by atomic mass is 10.1. The number of aryl methyl sites for hydroxylation is 1. The maximum Gasteiger partial charge on any atom is 0.220 e. The molecule has 0 spiro atoms. The molecule has 130 valence electrons. The minimum Gasteiger partial charge on any atom is -0.486 e. The van der Waals surface area contributed by atoms with Gasteiger partial charge in [-0.15, -0.1) is 0 Å². The van der Waals surface area contributed by atoms with Gasteiger partial charge in [-0.2, -0.15) is 0 Å². The number of Topliss-reactive ketones (excluding diaryl/α,β-unsaturated/α-hetero) is 1. The van der Waals surface area contributed by atoms with Gasteiger partial charge in [0.2, 0.25) is 5.91 Å². The zero-order chi connectivity index (χ0) is 17.6. The molecule has 1 aliphatic heterocycles. The van der Waals surface area contributed by atoms with E-state index in [0.29, 0.717) is 36.8 Å². The van der Waals surface area contributed by atoms with Crippen LogP contribution in [0.1, 0.15) is 34.5 Å². The average Bonchev–Trinajstić information content (AvgIpc) is 2.65. The van der Waals surface area contributed by atoms with E-state index in [1.165, 1.54) is 0 Å². The number of aromatic nitrogens is 1. The molecular formula is C19H20N2O4. The predicted molar refractivity (Wildman–Crippen MR) is 91.8 cm³/mol. The number of nitrogens with zero attached hydrogens (tertiary/aromatic N) is 1. The number of carbonyl (C=O) groups excluding carboxylic acids is 2. The van der Waals surface area contributed by atoms with Crippen LogP contribution >= 0.6 is 0 Å². The summed E-state index contributed by atoms with van der Waals surface area (Å²) in [5, 5.41) is 2.80. The molecule has 0 fully saturated rings. The van der Waals surface area contributed by atoms with Gasteiger partial charge in [-0.25, -0.2) is 0 Å². The Balaban J connectivity index is 1.50. The SMILES string of the molecule is Cc1cccnc1CNC(=O)CCC(=O)c1ccc2c(c1)OCCO2. The van der Waals surface area contributed by atoms with Gasteiger partial charge in [0.05, 0.1) is 12.2 Å². The number of carbonyl (C=O) groups is 2. The Kier molecular flexibility index (Phi) is 5.28. The third kappa shape index (κ3) is 4.35. The van der Waals surface area contributed by atoms with Crippen molar-refractivity contribution in [3.05, 3.63) is 53.3 Å². The van der Waals surface area contributed by atoms with E-state index in [0.717, 1.165) is 11.3 Å². The Morgan fingerprint density at radius 2 is 1.92 bits per heavy atom. The van der Waals surface area contributed by atoms with Crippen LogP contribution in [0.4, 0.5) is 0 Å². The second kappa shape index (κ2) is 7.79. The molecule has 0 saturated carbocycles. The summed E-state index contributed by atoms with van der Waals surface area (Å²) in [7, 11) is 0. The van der Waals surface area contributed by atoms with Crippen molar-refractivity contribution in [2.45, 2.75) is 26.3 Å². The lowest BCUT2D eigenvalue weighted by Crippen LogP contribution is -2.24. The number of fused-ring (bicyclic) bond motifs is 1. The van der Waals surface area contributed by atoms with Crippen LogP contribution in [0.25, 0.3) is 0 Å². The van der Waals surface area contributed by atoms with E-state index >= 15 is 0 Å². The lowest BCUT2D eigenvalue weighted by Gasteiger charge is -2.18. The van der Waals surface area contributed by atoms with Gasteiger partial charge in [0.15, 0.2) is 17.3 Å². The normalized spacial score (nSPS) is 12.5. The third-order valence-electron chi connectivity index (χ3n) is 4.01. The summed E-state index contributed by atoms with van der Waals surface area (Å²) < 4.78 is 10.9. The van der Waals surface area contributed by atoms with Gasteiger partial charge in [-0.1, -0.05) is 6.07 Å². The highest BCUT2D eigenvalue weighted by Crippen LogP contribution is 2.31. The molecule has 0 unspecified atom stereocenters. The zero-order valence-corrected chi connectivity index (χ0v) is 14.1. The summed E-state index contributed by atoms with van der Waals surface area (Å²) in [6.07, 6.45) is 1.98. The number of rotatable bonds is 6. The molecule has 2 heterocycles. The lowest BCUT2D eigenvalue weighted by molar-refractivity contribution is -0.121. The van der Waals surface area contributed by atoms with Crippen molar-refractivity contribution < 1.29 is 19.1 Å². The fraction of sp³-hybridized carbons (Fsp3) is 0.316. The Hall–Kier alpha value is -2.89. The summed E-state index contributed by atoms with van der Waals surface area (Å²) in [6, 6.07) is 8.90. The van der Waals surface area contributed by atoms with Crippen molar-refractivity contribution in [1.82, 2.24) is 10.3 Å². The molecule has 1 aromatic heterocycles. The fourth-order valence-corrected chi connectivity index (χ4v) is 2.56. The van der Waals surface area contributed by atoms with Gasteiger partial charge in [0.25, 0.3) is 0 Å². The predicted octanol–water partition coefficient (Wildman–Crippen LogP) is 2.44. The second-order valence-electron chi connectivity index (χ2n) is 5.83. The second-order valence-corrected chi connectivity index (χ2v) is 5.83. The summed E-state index contributed by atoms with van der Waals surface area (Å²) in [4.78, 5) is 28.5. The first-order valence-corrected chi connectivity index (χ1v) is 8.23. The number of hydrogen-bond donors (Lipinski definition) is 1. The first kappa shape index (κ1) is 17.0. The number of amides is 1. The molecule has 1 N–H and O–H groups in total. The van der Waals surface area contributed by atoms with Crippen molar-refractivity contribution in [3.63, 3.8) is 0 Å². The fourth-order valence-electron chi connectivity index (χ4n) is 2.56. The summed E-state index contributed by atoms with van der Waals surface area (Å²) in [5.41, 5.74) is 2.38. The summed E-state index contributed by atoms with van der Waals surface area (Å²) in [6.45, 7) is 3.29. The molecule has 0 aliphatic carbocycles. The first-order chi connectivity index (χ1) is 12.1. The number of nitrogens with one attached hydrogen (secondary N) is 1. The molecule has 1 aromatic carbocycles. The Morgan fingerprint density at radius 3 is 2.72 bits per heavy atom. The van der Waals surface area contributed by atoms with Gasteiger partial charge in [-0.3, -0.25) is 14.6 Å². The number of ether oxygens (including phenoxy) is 2. The minimum absolute atomic E-state index is 0.0962. The van der Waals surface area contributed by atoms with E-state index in [1.54, 1.807) is 24.4 Å². The highest BCUT2D eigenvalue weighted by Gasteiger charge is 2.15. The quantitative estimate of drug-likeness (QED) is 0.817. The number of pyridine rings is 1. The topological polar surface area (TPSA) is 77.5 Å². The van der Waals surface area contributed by atoms with Crippen LogP contribution in [0.15, 0.2) is 36.5 Å². The molecule has 0 saturated heterocycles. The van der Waals surface area contributed by atoms with Crippen molar-refractivity contribution in [1.29, 1.82) is 0 Å². The summed E-state index contributed by atoms with van der Waals surface area (Å²) >= 11 is 0. The molecule has 25 heavy (non-hydrogen) atoms. The standard InChI is InChI=1S/C19H20N2O4/c1-13-3-2-8-20-15(13)12-21-19(23)7-5-16(22)14-4-6-17-18(11-14)25-10-9-24-17/h2-4,6,8,11H,5,7,9-10,12H2,1H3,(H,21,23). The number of benzene rings is 1. The third-order valence-corrected chi connectivity index (χ3v) is 4.01. The van der Waals surface area contributed by atoms with Gasteiger partial charge in [0, 0.05) is 24.6 Å². The molecule has 0 atom stereocenters. The smallest absolute Gasteiger partial charge is 0.220 e. The minimum atomic E-state index is -0.170. The van der Waals surface area contributed by atoms with Crippen molar-refractivity contribution >= 4 is 11.7 Å². The van der Waals surface area contributed by atoms with Gasteiger partial charge < -0.3 is 14.8 Å². The molecular weight excluding hydrogens is 320 g/mol. The molecule has 2 aromatic rings. The van der Waals surface area contributed by atoms with Crippen LogP contribution in [-0.2, 0) is 11.3 Å². The van der Waals surface area contributed by atoms with E-state index in [1.807, 2.05) is 19.1 Å². The highest BCUT2D eigenvalue weighted by molar-refractivity contribution is 5.98. The average molecular weight is 340 g/mol. The van der Waals surface area contributed by atoms with Crippen LogP contribution < -0.4 is 14.8 Å². The molecule has 1 amide bonds. The first-order valence-electron chi connectivity index (χ1n) is 8.23. The highest BCUT2D eigenvalue weighted by atomic mass is 16.6. The van der Waals surface area contributed by atoms with E-state index in [2.05, 4.69) is 10.3 Å². The summed E-state index contributed by atoms with van der Waals surface area (Å²) in [5.74, 6) is 0.954.